The molecule has 1 saturated carbocycles. The van der Waals surface area contributed by atoms with E-state index in [9.17, 15) is 9.59 Å². The molecule has 0 aromatic heterocycles. The number of methoxy groups -OCH3 is 1. The van der Waals surface area contributed by atoms with Crippen LogP contribution < -0.4 is 14.8 Å². The second kappa shape index (κ2) is 9.94. The fourth-order valence-corrected chi connectivity index (χ4v) is 4.91. The van der Waals surface area contributed by atoms with Gasteiger partial charge in [0.1, 0.15) is 11.5 Å². The quantitative estimate of drug-likeness (QED) is 0.557. The molecule has 170 valence electrons. The van der Waals surface area contributed by atoms with Gasteiger partial charge in [-0.3, -0.25) is 4.79 Å². The van der Waals surface area contributed by atoms with Crippen molar-refractivity contribution in [3.05, 3.63) is 58.1 Å². The maximum atomic E-state index is 13.4. The van der Waals surface area contributed by atoms with Gasteiger partial charge in [0, 0.05) is 16.1 Å². The van der Waals surface area contributed by atoms with Crippen molar-refractivity contribution in [3.8, 4) is 11.5 Å². The summed E-state index contributed by atoms with van der Waals surface area (Å²) in [6.45, 7) is 2.00. The van der Waals surface area contributed by atoms with Gasteiger partial charge >= 0.3 is 6.09 Å². The number of carbonyl (C=O) groups is 2. The smallest absolute Gasteiger partial charge is 0.408 e. The molecule has 7 heteroatoms. The Hall–Kier alpha value is -2.54. The Morgan fingerprint density at radius 3 is 2.69 bits per heavy atom. The molecule has 0 spiro atoms. The summed E-state index contributed by atoms with van der Waals surface area (Å²) in [5.74, 6) is 1.23. The highest BCUT2D eigenvalue weighted by Crippen LogP contribution is 2.38. The zero-order valence-electron chi connectivity index (χ0n) is 18.3. The molecular formula is C25H28BrNO5. The maximum Gasteiger partial charge on any atom is 0.408 e. The van der Waals surface area contributed by atoms with E-state index in [1.54, 1.807) is 25.3 Å². The summed E-state index contributed by atoms with van der Waals surface area (Å²) in [6, 6.07) is 12.5. The standard InChI is InChI=1S/C25H28BrNO5/c1-15(16-7-4-3-5-8-16)27-25(29)32-24-22(28)20-14-18(26)11-12-21(20)31-23(24)17-9-6-10-19(13-17)30-2/h6,9-16,23-24H,3-5,7-8H2,1-2H3,(H,27,29)/t15-,23+,24-/m1/s1. The number of Topliss-reactive ketones (excluding diaryl/α,β-unsaturated/α-hetero) is 1. The van der Waals surface area contributed by atoms with Crippen molar-refractivity contribution in [2.24, 2.45) is 5.92 Å². The largest absolute Gasteiger partial charge is 0.497 e. The third-order valence-corrected chi connectivity index (χ3v) is 6.85. The van der Waals surface area contributed by atoms with E-state index in [4.69, 9.17) is 14.2 Å². The lowest BCUT2D eigenvalue weighted by Gasteiger charge is -2.33. The van der Waals surface area contributed by atoms with Crippen LogP contribution in [-0.4, -0.2) is 31.1 Å². The molecule has 4 rings (SSSR count). The van der Waals surface area contributed by atoms with Crippen molar-refractivity contribution in [2.75, 3.05) is 7.11 Å². The highest BCUT2D eigenvalue weighted by atomic mass is 79.9. The SMILES string of the molecule is COc1cccc([C@@H]2Oc3ccc(Br)cc3C(=O)[C@H]2OC(=O)N[C@H](C)C2CCCCC2)c1. The Kier molecular flexibility index (Phi) is 7.04. The molecule has 1 N–H and O–H groups in total. The highest BCUT2D eigenvalue weighted by molar-refractivity contribution is 9.10. The Balaban J connectivity index is 1.58. The Morgan fingerprint density at radius 2 is 1.94 bits per heavy atom. The summed E-state index contributed by atoms with van der Waals surface area (Å²) in [5.41, 5.74) is 1.08. The van der Waals surface area contributed by atoms with Crippen LogP contribution in [0.2, 0.25) is 0 Å². The third-order valence-electron chi connectivity index (χ3n) is 6.35. The van der Waals surface area contributed by atoms with E-state index >= 15 is 0 Å². The Bertz CT molecular complexity index is 988. The van der Waals surface area contributed by atoms with Gasteiger partial charge in [0.15, 0.2) is 6.10 Å². The minimum Gasteiger partial charge on any atom is -0.497 e. The molecule has 2 aromatic carbocycles. The van der Waals surface area contributed by atoms with E-state index in [1.165, 1.54) is 19.3 Å². The van der Waals surface area contributed by atoms with Crippen LogP contribution in [0, 0.1) is 5.92 Å². The average molecular weight is 502 g/mol. The molecule has 1 fully saturated rings. The van der Waals surface area contributed by atoms with Gasteiger partial charge in [0.05, 0.1) is 12.7 Å². The average Bonchev–Trinajstić information content (AvgIpc) is 2.81. The monoisotopic (exact) mass is 501 g/mol. The number of halogens is 1. The number of hydrogen-bond acceptors (Lipinski definition) is 5. The van der Waals surface area contributed by atoms with Crippen LogP contribution in [0.1, 0.15) is 61.1 Å². The number of ketones is 1. The summed E-state index contributed by atoms with van der Waals surface area (Å²) in [7, 11) is 1.58. The molecule has 0 radical (unpaired) electrons. The molecule has 1 heterocycles. The molecule has 1 aliphatic carbocycles. The van der Waals surface area contributed by atoms with Crippen LogP contribution in [0.5, 0.6) is 11.5 Å². The van der Waals surface area contributed by atoms with Crippen molar-refractivity contribution in [1.29, 1.82) is 0 Å². The second-order valence-electron chi connectivity index (χ2n) is 8.48. The lowest BCUT2D eigenvalue weighted by molar-refractivity contribution is 0.00756. The molecule has 3 atom stereocenters. The van der Waals surface area contributed by atoms with Gasteiger partial charge in [0.25, 0.3) is 0 Å². The number of benzene rings is 2. The molecule has 32 heavy (non-hydrogen) atoms. The number of carbonyl (C=O) groups excluding carboxylic acids is 2. The number of fused-ring (bicyclic) bond motifs is 1. The zero-order valence-corrected chi connectivity index (χ0v) is 19.9. The molecule has 0 bridgehead atoms. The van der Waals surface area contributed by atoms with Crippen molar-refractivity contribution in [2.45, 2.75) is 57.3 Å². The molecule has 2 aromatic rings. The first-order valence-corrected chi connectivity index (χ1v) is 11.9. The fraction of sp³-hybridized carbons (Fsp3) is 0.440. The van der Waals surface area contributed by atoms with Crippen LogP contribution >= 0.6 is 15.9 Å². The van der Waals surface area contributed by atoms with E-state index in [0.29, 0.717) is 28.5 Å². The lowest BCUT2D eigenvalue weighted by atomic mass is 9.85. The molecule has 0 unspecified atom stereocenters. The number of amides is 1. The molecule has 0 saturated heterocycles. The van der Waals surface area contributed by atoms with E-state index in [-0.39, 0.29) is 11.8 Å². The van der Waals surface area contributed by atoms with Crippen LogP contribution in [0.4, 0.5) is 4.79 Å². The molecule has 1 aliphatic heterocycles. The van der Waals surface area contributed by atoms with Gasteiger partial charge in [-0.1, -0.05) is 47.3 Å². The normalized spacial score (nSPS) is 21.8. The second-order valence-corrected chi connectivity index (χ2v) is 9.39. The van der Waals surface area contributed by atoms with E-state index in [2.05, 4.69) is 21.2 Å². The van der Waals surface area contributed by atoms with Crippen LogP contribution in [0.3, 0.4) is 0 Å². The summed E-state index contributed by atoms with van der Waals surface area (Å²) in [5, 5.41) is 2.94. The lowest BCUT2D eigenvalue weighted by Crippen LogP contribution is -2.45. The Morgan fingerprint density at radius 1 is 1.16 bits per heavy atom. The van der Waals surface area contributed by atoms with E-state index in [1.807, 2.05) is 31.2 Å². The number of nitrogens with one attached hydrogen (secondary N) is 1. The first-order chi connectivity index (χ1) is 15.5. The molecule has 6 nitrogen and oxygen atoms in total. The molecule has 1 amide bonds. The van der Waals surface area contributed by atoms with Gasteiger partial charge in [-0.15, -0.1) is 0 Å². The van der Waals surface area contributed by atoms with Crippen LogP contribution in [0.25, 0.3) is 0 Å². The Labute approximate surface area is 196 Å². The van der Waals surface area contributed by atoms with Gasteiger partial charge in [-0.2, -0.15) is 0 Å². The molecular weight excluding hydrogens is 474 g/mol. The summed E-state index contributed by atoms with van der Waals surface area (Å²) in [4.78, 5) is 26.2. The van der Waals surface area contributed by atoms with Gasteiger partial charge in [-0.25, -0.2) is 4.79 Å². The van der Waals surface area contributed by atoms with Crippen LogP contribution in [-0.2, 0) is 4.74 Å². The topological polar surface area (TPSA) is 73.9 Å². The summed E-state index contributed by atoms with van der Waals surface area (Å²) in [6.07, 6.45) is 3.33. The van der Waals surface area contributed by atoms with Crippen molar-refractivity contribution < 1.29 is 23.8 Å². The predicted molar refractivity (Wildman–Crippen MR) is 124 cm³/mol. The van der Waals surface area contributed by atoms with Gasteiger partial charge < -0.3 is 19.5 Å². The first-order valence-electron chi connectivity index (χ1n) is 11.1. The van der Waals surface area contributed by atoms with Gasteiger partial charge in [0.2, 0.25) is 11.9 Å². The maximum absolute atomic E-state index is 13.4. The third kappa shape index (κ3) is 4.93. The van der Waals surface area contributed by atoms with Crippen molar-refractivity contribution >= 4 is 27.8 Å². The minimum atomic E-state index is -1.11. The summed E-state index contributed by atoms with van der Waals surface area (Å²) >= 11 is 3.40. The highest BCUT2D eigenvalue weighted by Gasteiger charge is 2.41. The van der Waals surface area contributed by atoms with Crippen LogP contribution in [0.15, 0.2) is 46.9 Å². The number of hydrogen-bond donors (Lipinski definition) is 1. The first kappa shape index (κ1) is 22.6. The predicted octanol–water partition coefficient (Wildman–Crippen LogP) is 5.84. The number of rotatable bonds is 5. The van der Waals surface area contributed by atoms with Crippen molar-refractivity contribution in [1.82, 2.24) is 5.32 Å². The zero-order chi connectivity index (χ0) is 22.7. The summed E-state index contributed by atoms with van der Waals surface area (Å²) < 4.78 is 18.0. The number of ether oxygens (including phenoxy) is 3. The van der Waals surface area contributed by atoms with Crippen molar-refractivity contribution in [3.63, 3.8) is 0 Å². The number of alkyl carbamates (subject to hydrolysis) is 1. The fourth-order valence-electron chi connectivity index (χ4n) is 4.55. The van der Waals surface area contributed by atoms with E-state index in [0.717, 1.165) is 17.3 Å². The van der Waals surface area contributed by atoms with Gasteiger partial charge in [-0.05, 0) is 56.0 Å². The van der Waals surface area contributed by atoms with E-state index < -0.39 is 18.3 Å². The minimum absolute atomic E-state index is 0.0147. The molecule has 2 aliphatic rings.